The smallest absolute Gasteiger partial charge is 0.182 e. The summed E-state index contributed by atoms with van der Waals surface area (Å²) in [5, 5.41) is 0. The van der Waals surface area contributed by atoms with E-state index >= 15 is 0 Å². The van der Waals surface area contributed by atoms with Crippen LogP contribution in [0.4, 0.5) is 0 Å². The summed E-state index contributed by atoms with van der Waals surface area (Å²) in [6.07, 6.45) is 9.57. The van der Waals surface area contributed by atoms with Gasteiger partial charge in [0.15, 0.2) is 34.6 Å². The molecule has 0 aromatic carbocycles. The van der Waals surface area contributed by atoms with Crippen molar-refractivity contribution in [3.8, 4) is 79.9 Å². The molecule has 8 nitrogen and oxygen atoms in total. The highest BCUT2D eigenvalue weighted by Gasteiger charge is 2.36. The zero-order valence-corrected chi connectivity index (χ0v) is 20.7. The van der Waals surface area contributed by atoms with Crippen LogP contribution in [-0.2, 0) is 0 Å². The van der Waals surface area contributed by atoms with Gasteiger partial charge < -0.3 is 35.3 Å². The van der Waals surface area contributed by atoms with Crippen LogP contribution in [0, 0.1) is 0 Å². The van der Waals surface area contributed by atoms with Crippen LogP contribution in [0.1, 0.15) is 0 Å². The van der Waals surface area contributed by atoms with E-state index in [0.29, 0.717) is 79.9 Å². The predicted octanol–water partition coefficient (Wildman–Crippen LogP) is 10.1. The van der Waals surface area contributed by atoms with Crippen LogP contribution in [0.15, 0.2) is 146 Å². The fraction of sp³-hybridized carbons (Fsp3) is 0. The zero-order chi connectivity index (χ0) is 26.5. The van der Waals surface area contributed by atoms with Gasteiger partial charge in [0.25, 0.3) is 0 Å². The molecule has 0 spiro atoms. The van der Waals surface area contributed by atoms with Crippen molar-refractivity contribution in [2.75, 3.05) is 0 Å². The first-order valence-electron chi connectivity index (χ1n) is 12.4. The molecule has 8 aromatic heterocycles. The van der Waals surface area contributed by atoms with Gasteiger partial charge in [0.2, 0.25) is 0 Å². The standard InChI is InChI=1S/C32H18O8/c1-7-19(33-13-1)25-27(21-9-3-15-35-21)31(39-29(25)23-11-5-17-37-23)32-28(22-10-4-16-36-22)26(20-8-2-14-34-20)30(40-32)24-12-6-18-38-24/h1-18H. The highest BCUT2D eigenvalue weighted by atomic mass is 16.4. The van der Waals surface area contributed by atoms with E-state index in [4.69, 9.17) is 35.3 Å². The Kier molecular flexibility index (Phi) is 4.96. The highest BCUT2D eigenvalue weighted by Crippen LogP contribution is 2.54. The quantitative estimate of drug-likeness (QED) is 0.200. The Balaban J connectivity index is 1.52. The van der Waals surface area contributed by atoms with Crippen LogP contribution >= 0.6 is 0 Å². The summed E-state index contributed by atoms with van der Waals surface area (Å²) in [7, 11) is 0. The molecule has 8 rings (SSSR count). The number of hydrogen-bond acceptors (Lipinski definition) is 8. The van der Waals surface area contributed by atoms with Crippen LogP contribution in [-0.4, -0.2) is 0 Å². The van der Waals surface area contributed by atoms with Crippen LogP contribution in [0.3, 0.4) is 0 Å². The van der Waals surface area contributed by atoms with E-state index in [1.807, 2.05) is 60.7 Å². The molecule has 0 unspecified atom stereocenters. The first-order valence-corrected chi connectivity index (χ1v) is 12.4. The summed E-state index contributed by atoms with van der Waals surface area (Å²) in [6, 6.07) is 21.9. The molecule has 194 valence electrons. The minimum atomic E-state index is 0.379. The number of rotatable bonds is 7. The Morgan fingerprint density at radius 1 is 0.275 bits per heavy atom. The molecule has 40 heavy (non-hydrogen) atoms. The number of furan rings is 8. The van der Waals surface area contributed by atoms with Crippen LogP contribution in [0.2, 0.25) is 0 Å². The molecule has 0 N–H and O–H groups in total. The Morgan fingerprint density at radius 3 is 0.775 bits per heavy atom. The molecule has 8 aromatic rings. The molecule has 0 aliphatic rings. The molecule has 0 saturated carbocycles. The molecule has 0 saturated heterocycles. The topological polar surface area (TPSA) is 105 Å². The van der Waals surface area contributed by atoms with E-state index < -0.39 is 0 Å². The van der Waals surface area contributed by atoms with Gasteiger partial charge >= 0.3 is 0 Å². The van der Waals surface area contributed by atoms with Crippen molar-refractivity contribution in [3.05, 3.63) is 110 Å². The minimum absolute atomic E-state index is 0.379. The van der Waals surface area contributed by atoms with Crippen molar-refractivity contribution in [1.29, 1.82) is 0 Å². The van der Waals surface area contributed by atoms with Crippen molar-refractivity contribution in [2.24, 2.45) is 0 Å². The van der Waals surface area contributed by atoms with E-state index in [2.05, 4.69) is 0 Å². The van der Waals surface area contributed by atoms with E-state index in [0.717, 1.165) is 0 Å². The molecule has 0 aliphatic heterocycles. The fourth-order valence-corrected chi connectivity index (χ4v) is 4.97. The highest BCUT2D eigenvalue weighted by molar-refractivity contribution is 6.02. The SMILES string of the molecule is c1coc(-c2oc(-c3oc(-c4ccco4)c(-c4ccco4)c3-c3ccco3)c(-c3ccco3)c2-c2ccco2)c1. The largest absolute Gasteiger partial charge is 0.464 e. The second kappa shape index (κ2) is 8.92. The summed E-state index contributed by atoms with van der Waals surface area (Å²) >= 11 is 0. The normalized spacial score (nSPS) is 11.5. The second-order valence-electron chi connectivity index (χ2n) is 8.88. The molecule has 0 amide bonds. The average Bonchev–Trinajstić information content (AvgIpc) is 3.85. The lowest BCUT2D eigenvalue weighted by molar-refractivity contribution is 0.499. The maximum atomic E-state index is 6.66. The van der Waals surface area contributed by atoms with Crippen molar-refractivity contribution in [1.82, 2.24) is 0 Å². The summed E-state index contributed by atoms with van der Waals surface area (Å²) in [5.41, 5.74) is 2.52. The third-order valence-electron chi connectivity index (χ3n) is 6.58. The third kappa shape index (κ3) is 3.40. The van der Waals surface area contributed by atoms with Crippen molar-refractivity contribution >= 4 is 0 Å². The van der Waals surface area contributed by atoms with Gasteiger partial charge in [-0.2, -0.15) is 0 Å². The number of hydrogen-bond donors (Lipinski definition) is 0. The molecular weight excluding hydrogens is 512 g/mol. The van der Waals surface area contributed by atoms with Crippen molar-refractivity contribution in [2.45, 2.75) is 0 Å². The molecule has 0 aliphatic carbocycles. The lowest BCUT2D eigenvalue weighted by Gasteiger charge is -2.03. The summed E-state index contributed by atoms with van der Waals surface area (Å²) in [6.45, 7) is 0. The van der Waals surface area contributed by atoms with Gasteiger partial charge in [0.05, 0.1) is 59.8 Å². The van der Waals surface area contributed by atoms with E-state index in [1.54, 1.807) is 49.7 Å². The Bertz CT molecular complexity index is 1810. The summed E-state index contributed by atoms with van der Waals surface area (Å²) in [4.78, 5) is 0. The molecule has 0 atom stereocenters. The monoisotopic (exact) mass is 530 g/mol. The van der Waals surface area contributed by atoms with Crippen LogP contribution in [0.5, 0.6) is 0 Å². The van der Waals surface area contributed by atoms with Gasteiger partial charge in [0.1, 0.15) is 23.0 Å². The molecule has 0 radical (unpaired) electrons. The Morgan fingerprint density at radius 2 is 0.525 bits per heavy atom. The van der Waals surface area contributed by atoms with E-state index in [1.165, 1.54) is 0 Å². The molecule has 0 fully saturated rings. The molecule has 8 heterocycles. The van der Waals surface area contributed by atoms with Crippen molar-refractivity contribution < 1.29 is 35.3 Å². The van der Waals surface area contributed by atoms with E-state index in [-0.39, 0.29) is 0 Å². The van der Waals surface area contributed by atoms with Gasteiger partial charge in [0, 0.05) is 0 Å². The first kappa shape index (κ1) is 22.2. The predicted molar refractivity (Wildman–Crippen MR) is 143 cm³/mol. The fourth-order valence-electron chi connectivity index (χ4n) is 4.97. The first-order chi connectivity index (χ1) is 19.9. The molecular formula is C32H18O8. The molecule has 0 bridgehead atoms. The second-order valence-corrected chi connectivity index (χ2v) is 8.88. The summed E-state index contributed by atoms with van der Waals surface area (Å²) in [5.74, 6) is 4.89. The maximum absolute atomic E-state index is 6.66. The van der Waals surface area contributed by atoms with Crippen LogP contribution < -0.4 is 0 Å². The van der Waals surface area contributed by atoms with Gasteiger partial charge in [-0.3, -0.25) is 0 Å². The maximum Gasteiger partial charge on any atom is 0.182 e. The van der Waals surface area contributed by atoms with Gasteiger partial charge in [-0.15, -0.1) is 0 Å². The lowest BCUT2D eigenvalue weighted by atomic mass is 9.97. The summed E-state index contributed by atoms with van der Waals surface area (Å²) < 4.78 is 48.5. The molecule has 8 heteroatoms. The third-order valence-corrected chi connectivity index (χ3v) is 6.58. The van der Waals surface area contributed by atoms with Gasteiger partial charge in [-0.1, -0.05) is 0 Å². The average molecular weight is 530 g/mol. The lowest BCUT2D eigenvalue weighted by Crippen LogP contribution is -1.84. The van der Waals surface area contributed by atoms with Gasteiger partial charge in [-0.05, 0) is 72.8 Å². The minimum Gasteiger partial charge on any atom is -0.464 e. The zero-order valence-electron chi connectivity index (χ0n) is 20.7. The Labute approximate surface area is 225 Å². The van der Waals surface area contributed by atoms with Crippen LogP contribution in [0.25, 0.3) is 79.9 Å². The van der Waals surface area contributed by atoms with Crippen molar-refractivity contribution in [3.63, 3.8) is 0 Å². The Hall–Kier alpha value is -5.76. The van der Waals surface area contributed by atoms with E-state index in [9.17, 15) is 0 Å². The van der Waals surface area contributed by atoms with Gasteiger partial charge in [-0.25, -0.2) is 0 Å².